The molecule has 5 heteroatoms. The summed E-state index contributed by atoms with van der Waals surface area (Å²) in [5.41, 5.74) is 2.38. The molecule has 1 amide bonds. The Balaban J connectivity index is 1.68. The maximum Gasteiger partial charge on any atom is 0.253 e. The van der Waals surface area contributed by atoms with Gasteiger partial charge in [-0.3, -0.25) is 9.78 Å². The summed E-state index contributed by atoms with van der Waals surface area (Å²) in [6.07, 6.45) is 2.42. The smallest absolute Gasteiger partial charge is 0.253 e. The first-order valence-electron chi connectivity index (χ1n) is 7.20. The Kier molecular flexibility index (Phi) is 4.15. The monoisotopic (exact) mass is 311 g/mol. The lowest BCUT2D eigenvalue weighted by atomic mass is 10.1. The molecule has 0 aliphatic carbocycles. The van der Waals surface area contributed by atoms with Crippen molar-refractivity contribution in [2.75, 3.05) is 0 Å². The second kappa shape index (κ2) is 6.23. The van der Waals surface area contributed by atoms with E-state index in [0.29, 0.717) is 5.56 Å². The van der Waals surface area contributed by atoms with Gasteiger partial charge in [0.2, 0.25) is 0 Å². The molecule has 0 fully saturated rings. The van der Waals surface area contributed by atoms with Gasteiger partial charge < -0.3 is 5.32 Å². The van der Waals surface area contributed by atoms with Crippen LogP contribution >= 0.6 is 11.3 Å². The quantitative estimate of drug-likeness (QED) is 0.804. The van der Waals surface area contributed by atoms with Crippen LogP contribution in [0.25, 0.3) is 10.2 Å². The number of carbonyl (C=O) groups excluding carboxylic acids is 1. The van der Waals surface area contributed by atoms with Gasteiger partial charge in [-0.05, 0) is 38.1 Å². The van der Waals surface area contributed by atoms with Crippen molar-refractivity contribution >= 4 is 27.5 Å². The highest BCUT2D eigenvalue weighted by Gasteiger charge is 2.14. The summed E-state index contributed by atoms with van der Waals surface area (Å²) in [6, 6.07) is 11.7. The van der Waals surface area contributed by atoms with Crippen molar-refractivity contribution in [1.29, 1.82) is 0 Å². The van der Waals surface area contributed by atoms with Crippen LogP contribution in [-0.2, 0) is 6.42 Å². The van der Waals surface area contributed by atoms with Gasteiger partial charge in [-0.25, -0.2) is 4.98 Å². The molecule has 3 aromatic rings. The van der Waals surface area contributed by atoms with Crippen LogP contribution in [0.5, 0.6) is 0 Å². The standard InChI is InChI=1S/C17H17N3OS/c1-11(19-17(21)13-6-5-9-18-12(13)2)10-16-20-14-7-3-4-8-15(14)22-16/h3-9,11H,10H2,1-2H3,(H,19,21). The predicted molar refractivity (Wildman–Crippen MR) is 89.2 cm³/mol. The third-order valence-electron chi connectivity index (χ3n) is 3.45. The second-order valence-corrected chi connectivity index (χ2v) is 6.41. The number of benzene rings is 1. The summed E-state index contributed by atoms with van der Waals surface area (Å²) in [4.78, 5) is 21.0. The fourth-order valence-corrected chi connectivity index (χ4v) is 3.44. The number of pyridine rings is 1. The number of aryl methyl sites for hydroxylation is 1. The van der Waals surface area contributed by atoms with E-state index < -0.39 is 0 Å². The van der Waals surface area contributed by atoms with E-state index in [1.807, 2.05) is 32.0 Å². The summed E-state index contributed by atoms with van der Waals surface area (Å²) >= 11 is 1.68. The lowest BCUT2D eigenvalue weighted by Crippen LogP contribution is -2.34. The largest absolute Gasteiger partial charge is 0.349 e. The van der Waals surface area contributed by atoms with E-state index in [2.05, 4.69) is 21.4 Å². The third kappa shape index (κ3) is 3.14. The molecular weight excluding hydrogens is 294 g/mol. The van der Waals surface area contributed by atoms with Crippen LogP contribution in [0.3, 0.4) is 0 Å². The molecule has 1 N–H and O–H groups in total. The molecule has 22 heavy (non-hydrogen) atoms. The van der Waals surface area contributed by atoms with Gasteiger partial charge in [0.15, 0.2) is 0 Å². The van der Waals surface area contributed by atoms with Gasteiger partial charge in [0.25, 0.3) is 5.91 Å². The molecule has 1 atom stereocenters. The number of thiazole rings is 1. The average molecular weight is 311 g/mol. The normalized spacial score (nSPS) is 12.3. The van der Waals surface area contributed by atoms with Gasteiger partial charge in [0.05, 0.1) is 20.8 Å². The second-order valence-electron chi connectivity index (χ2n) is 5.29. The van der Waals surface area contributed by atoms with Crippen LogP contribution in [0.4, 0.5) is 0 Å². The summed E-state index contributed by atoms with van der Waals surface area (Å²) in [5.74, 6) is -0.0841. The Bertz CT molecular complexity index is 779. The van der Waals surface area contributed by atoms with Crippen LogP contribution < -0.4 is 5.32 Å². The summed E-state index contributed by atoms with van der Waals surface area (Å²) < 4.78 is 1.18. The fraction of sp³-hybridized carbons (Fsp3) is 0.235. The van der Waals surface area contributed by atoms with E-state index in [9.17, 15) is 4.79 Å². The number of aromatic nitrogens is 2. The Morgan fingerprint density at radius 2 is 2.09 bits per heavy atom. The molecule has 0 spiro atoms. The van der Waals surface area contributed by atoms with Crippen LogP contribution in [-0.4, -0.2) is 21.9 Å². The first-order valence-corrected chi connectivity index (χ1v) is 8.02. The summed E-state index contributed by atoms with van der Waals surface area (Å²) in [7, 11) is 0. The molecule has 4 nitrogen and oxygen atoms in total. The SMILES string of the molecule is Cc1ncccc1C(=O)NC(C)Cc1nc2ccccc2s1. The molecule has 3 rings (SSSR count). The van der Waals surface area contributed by atoms with Crippen LogP contribution in [0.2, 0.25) is 0 Å². The number of amides is 1. The van der Waals surface area contributed by atoms with E-state index in [1.54, 1.807) is 29.7 Å². The molecule has 0 bridgehead atoms. The first kappa shape index (κ1) is 14.7. The van der Waals surface area contributed by atoms with Gasteiger partial charge >= 0.3 is 0 Å². The van der Waals surface area contributed by atoms with Crippen molar-refractivity contribution in [3.63, 3.8) is 0 Å². The van der Waals surface area contributed by atoms with Crippen LogP contribution in [0.1, 0.15) is 28.0 Å². The molecule has 2 heterocycles. The van der Waals surface area contributed by atoms with Crippen molar-refractivity contribution in [2.45, 2.75) is 26.3 Å². The molecule has 0 saturated carbocycles. The Morgan fingerprint density at radius 3 is 2.86 bits per heavy atom. The minimum absolute atomic E-state index is 0.0210. The molecule has 2 aromatic heterocycles. The minimum Gasteiger partial charge on any atom is -0.349 e. The van der Waals surface area contributed by atoms with Crippen molar-refractivity contribution in [3.05, 3.63) is 58.9 Å². The van der Waals surface area contributed by atoms with Crippen molar-refractivity contribution < 1.29 is 4.79 Å². The van der Waals surface area contributed by atoms with E-state index in [1.165, 1.54) is 4.70 Å². The molecule has 0 aliphatic rings. The highest BCUT2D eigenvalue weighted by molar-refractivity contribution is 7.18. The molecule has 0 radical (unpaired) electrons. The summed E-state index contributed by atoms with van der Waals surface area (Å²) in [6.45, 7) is 3.84. The number of rotatable bonds is 4. The number of fused-ring (bicyclic) bond motifs is 1. The van der Waals surface area contributed by atoms with E-state index >= 15 is 0 Å². The molecular formula is C17H17N3OS. The predicted octanol–water partition coefficient (Wildman–Crippen LogP) is 3.36. The first-order chi connectivity index (χ1) is 10.6. The lowest BCUT2D eigenvalue weighted by Gasteiger charge is -2.13. The number of nitrogens with one attached hydrogen (secondary N) is 1. The fourth-order valence-electron chi connectivity index (χ4n) is 2.35. The Labute approximate surface area is 133 Å². The van der Waals surface area contributed by atoms with Gasteiger partial charge in [-0.2, -0.15) is 0 Å². The zero-order valence-electron chi connectivity index (χ0n) is 12.5. The topological polar surface area (TPSA) is 54.9 Å². The van der Waals surface area contributed by atoms with Crippen LogP contribution in [0.15, 0.2) is 42.6 Å². The summed E-state index contributed by atoms with van der Waals surface area (Å²) in [5, 5.41) is 4.06. The molecule has 1 aromatic carbocycles. The number of hydrogen-bond acceptors (Lipinski definition) is 4. The van der Waals surface area contributed by atoms with Gasteiger partial charge in [0.1, 0.15) is 0 Å². The third-order valence-corrected chi connectivity index (χ3v) is 4.51. The maximum atomic E-state index is 12.3. The van der Waals surface area contributed by atoms with Crippen molar-refractivity contribution in [2.24, 2.45) is 0 Å². The highest BCUT2D eigenvalue weighted by Crippen LogP contribution is 2.22. The molecule has 1 unspecified atom stereocenters. The Morgan fingerprint density at radius 1 is 1.27 bits per heavy atom. The Hall–Kier alpha value is -2.27. The number of nitrogens with zero attached hydrogens (tertiary/aromatic N) is 2. The molecule has 112 valence electrons. The number of hydrogen-bond donors (Lipinski definition) is 1. The maximum absolute atomic E-state index is 12.3. The van der Waals surface area contributed by atoms with E-state index in [-0.39, 0.29) is 11.9 Å². The van der Waals surface area contributed by atoms with E-state index in [4.69, 9.17) is 0 Å². The van der Waals surface area contributed by atoms with Gasteiger partial charge in [-0.15, -0.1) is 11.3 Å². The van der Waals surface area contributed by atoms with Gasteiger partial charge in [-0.1, -0.05) is 12.1 Å². The average Bonchev–Trinajstić information content (AvgIpc) is 2.89. The van der Waals surface area contributed by atoms with Gasteiger partial charge in [0, 0.05) is 24.4 Å². The minimum atomic E-state index is -0.0841. The van der Waals surface area contributed by atoms with Crippen molar-refractivity contribution in [1.82, 2.24) is 15.3 Å². The molecule has 0 saturated heterocycles. The molecule has 0 aliphatic heterocycles. The lowest BCUT2D eigenvalue weighted by molar-refractivity contribution is 0.0939. The number of carbonyl (C=O) groups is 1. The van der Waals surface area contributed by atoms with E-state index in [0.717, 1.165) is 22.6 Å². The van der Waals surface area contributed by atoms with Crippen molar-refractivity contribution in [3.8, 4) is 0 Å². The van der Waals surface area contributed by atoms with Crippen LogP contribution in [0, 0.1) is 6.92 Å². The highest BCUT2D eigenvalue weighted by atomic mass is 32.1. The number of para-hydroxylation sites is 1. The zero-order chi connectivity index (χ0) is 15.5. The zero-order valence-corrected chi connectivity index (χ0v) is 13.4.